The summed E-state index contributed by atoms with van der Waals surface area (Å²) >= 11 is 0. The maximum Gasteiger partial charge on any atom is 0.306 e. The Morgan fingerprint density at radius 1 is 0.419 bits per heavy atom. The van der Waals surface area contributed by atoms with Crippen molar-refractivity contribution in [2.75, 3.05) is 47.5 Å². The van der Waals surface area contributed by atoms with Crippen LogP contribution in [0.5, 0.6) is 0 Å². The van der Waals surface area contributed by atoms with Crippen molar-refractivity contribution < 1.29 is 42.1 Å². The third-order valence-corrected chi connectivity index (χ3v) is 15.4. The van der Waals surface area contributed by atoms with Gasteiger partial charge in [-0.2, -0.15) is 0 Å². The zero-order valence-corrected chi connectivity index (χ0v) is 50.7. The van der Waals surface area contributed by atoms with Gasteiger partial charge in [-0.25, -0.2) is 0 Å². The predicted molar refractivity (Wildman–Crippen MR) is 314 cm³/mol. The van der Waals surface area contributed by atoms with Gasteiger partial charge < -0.3 is 27.9 Å². The number of esters is 2. The van der Waals surface area contributed by atoms with Gasteiger partial charge >= 0.3 is 11.9 Å². The summed E-state index contributed by atoms with van der Waals surface area (Å²) in [6.45, 7) is 4.30. The normalized spacial score (nSPS) is 13.3. The Labute approximate surface area is 459 Å². The minimum absolute atomic E-state index is 0.0271. The third kappa shape index (κ3) is 59.7. The molecule has 10 heteroatoms. The molecule has 0 aliphatic carbocycles. The Hall–Kier alpha value is -1.51. The molecule has 0 aromatic rings. The molecule has 0 saturated carbocycles. The zero-order valence-electron chi connectivity index (χ0n) is 49.8. The highest BCUT2D eigenvalue weighted by molar-refractivity contribution is 7.45. The molecule has 0 aromatic carbocycles. The summed E-state index contributed by atoms with van der Waals surface area (Å²) in [5.74, 6) is -0.812. The van der Waals surface area contributed by atoms with E-state index >= 15 is 0 Å². The first kappa shape index (κ1) is 72.5. The van der Waals surface area contributed by atoms with Gasteiger partial charge in [0.25, 0.3) is 7.82 Å². The second kappa shape index (κ2) is 56.2. The number of hydrogen-bond donors (Lipinski definition) is 0. The molecule has 0 bridgehead atoms. The molecule has 0 heterocycles. The fourth-order valence-corrected chi connectivity index (χ4v) is 10.2. The SMILES string of the molecule is CCCCCCC/C=C\C/C=C\CCCCCCCCCCCCCCCCCCCC(=O)OC(COC(=O)CCCCCCCCCCCCCCCCCCCCCCC)COP(=O)([O-])OCC[N+](C)(C)C. The number of likely N-dealkylation sites (N-methyl/N-ethyl adjacent to an activating group) is 1. The van der Waals surface area contributed by atoms with Crippen molar-refractivity contribution >= 4 is 19.8 Å². The second-order valence-corrected chi connectivity index (χ2v) is 24.5. The second-order valence-electron chi connectivity index (χ2n) is 23.1. The average Bonchev–Trinajstić information content (AvgIpc) is 3.36. The summed E-state index contributed by atoms with van der Waals surface area (Å²) in [7, 11) is 1.19. The lowest BCUT2D eigenvalue weighted by molar-refractivity contribution is -0.870. The molecule has 2 atom stereocenters. The van der Waals surface area contributed by atoms with Crippen LogP contribution in [0.2, 0.25) is 0 Å². The smallest absolute Gasteiger partial charge is 0.306 e. The number of ether oxygens (including phenoxy) is 2. The summed E-state index contributed by atoms with van der Waals surface area (Å²) in [5, 5.41) is 0. The quantitative estimate of drug-likeness (QED) is 0.0195. The third-order valence-electron chi connectivity index (χ3n) is 14.5. The molecule has 0 fully saturated rings. The van der Waals surface area contributed by atoms with Crippen molar-refractivity contribution in [2.45, 2.75) is 328 Å². The van der Waals surface area contributed by atoms with E-state index in [1.54, 1.807) is 0 Å². The van der Waals surface area contributed by atoms with Gasteiger partial charge in [0.2, 0.25) is 0 Å². The molecule has 0 rings (SSSR count). The van der Waals surface area contributed by atoms with Crippen LogP contribution in [-0.4, -0.2) is 70.0 Å². The summed E-state index contributed by atoms with van der Waals surface area (Å²) in [5.41, 5.74) is 0. The van der Waals surface area contributed by atoms with Gasteiger partial charge in [-0.1, -0.05) is 289 Å². The van der Waals surface area contributed by atoms with Gasteiger partial charge in [0.1, 0.15) is 19.8 Å². The van der Waals surface area contributed by atoms with Gasteiger partial charge in [0, 0.05) is 12.8 Å². The first-order chi connectivity index (χ1) is 36.0. The van der Waals surface area contributed by atoms with E-state index in [0.29, 0.717) is 17.4 Å². The minimum atomic E-state index is -4.63. The van der Waals surface area contributed by atoms with Crippen LogP contribution in [0.3, 0.4) is 0 Å². The van der Waals surface area contributed by atoms with Crippen LogP contribution in [0.15, 0.2) is 24.3 Å². The molecular weight excluding hydrogens is 942 g/mol. The van der Waals surface area contributed by atoms with E-state index in [1.165, 1.54) is 250 Å². The Kier molecular flexibility index (Phi) is 55.1. The van der Waals surface area contributed by atoms with Crippen molar-refractivity contribution in [2.24, 2.45) is 0 Å². The number of nitrogens with zero attached hydrogens (tertiary/aromatic N) is 1. The van der Waals surface area contributed by atoms with Gasteiger partial charge in [0.05, 0.1) is 27.7 Å². The molecule has 0 aliphatic rings. The number of carbonyl (C=O) groups is 2. The van der Waals surface area contributed by atoms with Crippen molar-refractivity contribution in [1.82, 2.24) is 0 Å². The Morgan fingerprint density at radius 2 is 0.730 bits per heavy atom. The standard InChI is InChI=1S/C64H124NO8P/c1-6-8-10-12-14-16-18-20-22-24-26-28-29-30-31-32-33-34-35-37-39-41-43-45-47-49-51-53-55-57-64(67)73-62(61-72-74(68,69)71-59-58-65(3,4)5)60-70-63(66)56-54-52-50-48-46-44-42-40-38-36-27-25-23-21-19-17-15-13-11-9-7-2/h18,20,24,26,62H,6-17,19,21-23,25,27-61H2,1-5H3/b20-18-,26-24-. The Morgan fingerprint density at radius 3 is 1.07 bits per heavy atom. The fourth-order valence-electron chi connectivity index (χ4n) is 9.51. The van der Waals surface area contributed by atoms with Crippen molar-refractivity contribution in [3.05, 3.63) is 24.3 Å². The zero-order chi connectivity index (χ0) is 54.2. The van der Waals surface area contributed by atoms with Crippen LogP contribution in [-0.2, 0) is 32.7 Å². The summed E-state index contributed by atoms with van der Waals surface area (Å²) < 4.78 is 34.3. The van der Waals surface area contributed by atoms with E-state index < -0.39 is 26.5 Å². The highest BCUT2D eigenvalue weighted by Crippen LogP contribution is 2.38. The van der Waals surface area contributed by atoms with Gasteiger partial charge in [-0.3, -0.25) is 14.2 Å². The van der Waals surface area contributed by atoms with Gasteiger partial charge in [-0.15, -0.1) is 0 Å². The topological polar surface area (TPSA) is 111 Å². The molecule has 0 saturated heterocycles. The molecular formula is C64H124NO8P. The lowest BCUT2D eigenvalue weighted by atomic mass is 10.0. The van der Waals surface area contributed by atoms with E-state index in [1.807, 2.05) is 21.1 Å². The van der Waals surface area contributed by atoms with Crippen molar-refractivity contribution in [1.29, 1.82) is 0 Å². The van der Waals surface area contributed by atoms with Crippen LogP contribution in [0.4, 0.5) is 0 Å². The summed E-state index contributed by atoms with van der Waals surface area (Å²) in [6, 6.07) is 0. The molecule has 0 spiro atoms. The lowest BCUT2D eigenvalue weighted by Gasteiger charge is -2.28. The first-order valence-corrected chi connectivity index (χ1v) is 33.5. The molecule has 0 N–H and O–H groups in total. The Balaban J connectivity index is 4.04. The molecule has 0 radical (unpaired) electrons. The summed E-state index contributed by atoms with van der Waals surface area (Å²) in [6.07, 6.45) is 68.1. The number of quaternary nitrogens is 1. The van der Waals surface area contributed by atoms with Gasteiger partial charge in [-0.05, 0) is 44.9 Å². The van der Waals surface area contributed by atoms with Crippen LogP contribution in [0.25, 0.3) is 0 Å². The van der Waals surface area contributed by atoms with E-state index in [-0.39, 0.29) is 32.0 Å². The maximum absolute atomic E-state index is 12.8. The molecule has 0 aliphatic heterocycles. The first-order valence-electron chi connectivity index (χ1n) is 32.0. The monoisotopic (exact) mass is 1070 g/mol. The largest absolute Gasteiger partial charge is 0.756 e. The fraction of sp³-hybridized carbons (Fsp3) is 0.906. The van der Waals surface area contributed by atoms with Crippen LogP contribution < -0.4 is 4.89 Å². The maximum atomic E-state index is 12.8. The van der Waals surface area contributed by atoms with Crippen LogP contribution in [0, 0.1) is 0 Å². The summed E-state index contributed by atoms with van der Waals surface area (Å²) in [4.78, 5) is 38.0. The number of phosphoric ester groups is 1. The Bertz CT molecular complexity index is 1300. The van der Waals surface area contributed by atoms with E-state index in [2.05, 4.69) is 38.2 Å². The number of carbonyl (C=O) groups excluding carboxylic acids is 2. The molecule has 2 unspecified atom stereocenters. The molecule has 0 aromatic heterocycles. The molecule has 0 amide bonds. The van der Waals surface area contributed by atoms with E-state index in [4.69, 9.17) is 18.5 Å². The minimum Gasteiger partial charge on any atom is -0.756 e. The number of phosphoric acid groups is 1. The number of hydrogen-bond acceptors (Lipinski definition) is 8. The van der Waals surface area contributed by atoms with E-state index in [9.17, 15) is 19.0 Å². The van der Waals surface area contributed by atoms with Crippen molar-refractivity contribution in [3.63, 3.8) is 0 Å². The predicted octanol–water partition coefficient (Wildman–Crippen LogP) is 19.5. The van der Waals surface area contributed by atoms with E-state index in [0.717, 1.165) is 38.5 Å². The lowest BCUT2D eigenvalue weighted by Crippen LogP contribution is -2.37. The van der Waals surface area contributed by atoms with Crippen molar-refractivity contribution in [3.8, 4) is 0 Å². The highest BCUT2D eigenvalue weighted by Gasteiger charge is 2.22. The number of rotatable bonds is 60. The van der Waals surface area contributed by atoms with Crippen LogP contribution in [0.1, 0.15) is 322 Å². The molecule has 74 heavy (non-hydrogen) atoms. The molecule has 9 nitrogen and oxygen atoms in total. The highest BCUT2D eigenvalue weighted by atomic mass is 31.2. The number of allylic oxidation sites excluding steroid dienone is 4. The van der Waals surface area contributed by atoms with Crippen LogP contribution >= 0.6 is 7.82 Å². The number of unbranched alkanes of at least 4 members (excludes halogenated alkanes) is 42. The van der Waals surface area contributed by atoms with Gasteiger partial charge in [0.15, 0.2) is 6.10 Å². The average molecular weight is 1070 g/mol. The molecule has 438 valence electrons.